The molecule has 0 aliphatic heterocycles. The Morgan fingerprint density at radius 2 is 2.00 bits per heavy atom. The Balaban J connectivity index is 2.83. The third-order valence-electron chi connectivity index (χ3n) is 2.63. The van der Waals surface area contributed by atoms with Gasteiger partial charge >= 0.3 is 0 Å². The number of aryl methyl sites for hydroxylation is 3. The van der Waals surface area contributed by atoms with E-state index in [4.69, 9.17) is 5.84 Å². The number of hydrogen-bond donors (Lipinski definition) is 2. The van der Waals surface area contributed by atoms with E-state index in [0.29, 0.717) is 5.82 Å². The molecule has 1 aromatic carbocycles. The van der Waals surface area contributed by atoms with Crippen molar-refractivity contribution in [1.29, 1.82) is 0 Å². The first kappa shape index (κ1) is 10.8. The largest absolute Gasteiger partial charge is 0.308 e. The van der Waals surface area contributed by atoms with E-state index in [9.17, 15) is 0 Å². The highest BCUT2D eigenvalue weighted by atomic mass is 15.3. The Labute approximate surface area is 94.9 Å². The maximum Gasteiger partial charge on any atom is 0.151 e. The van der Waals surface area contributed by atoms with Gasteiger partial charge in [-0.25, -0.2) is 15.8 Å². The van der Waals surface area contributed by atoms with E-state index in [2.05, 4.69) is 41.4 Å². The molecular weight excluding hydrogens is 200 g/mol. The lowest BCUT2D eigenvalue weighted by molar-refractivity contribution is 0.957. The Bertz CT molecular complexity index is 534. The molecule has 3 N–H and O–H groups in total. The minimum Gasteiger partial charge on any atom is -0.308 e. The van der Waals surface area contributed by atoms with Crippen LogP contribution in [0, 0.1) is 13.8 Å². The van der Waals surface area contributed by atoms with Gasteiger partial charge in [-0.15, -0.1) is 0 Å². The highest BCUT2D eigenvalue weighted by molar-refractivity contribution is 5.91. The normalized spacial score (nSPS) is 10.8. The van der Waals surface area contributed by atoms with Crippen molar-refractivity contribution in [2.45, 2.75) is 27.2 Å². The fourth-order valence-electron chi connectivity index (χ4n) is 1.90. The van der Waals surface area contributed by atoms with Crippen LogP contribution < -0.4 is 11.3 Å². The molecule has 0 bridgehead atoms. The van der Waals surface area contributed by atoms with E-state index in [0.717, 1.165) is 28.7 Å². The summed E-state index contributed by atoms with van der Waals surface area (Å²) < 4.78 is 0. The van der Waals surface area contributed by atoms with Crippen LogP contribution in [0.1, 0.15) is 23.9 Å². The molecule has 4 heteroatoms. The van der Waals surface area contributed by atoms with E-state index in [-0.39, 0.29) is 0 Å². The number of hydrogen-bond acceptors (Lipinski definition) is 4. The fraction of sp³-hybridized carbons (Fsp3) is 0.333. The van der Waals surface area contributed by atoms with Crippen molar-refractivity contribution in [1.82, 2.24) is 9.97 Å². The molecule has 0 atom stereocenters. The standard InChI is InChI=1S/C12H16N4/c1-4-10-14-11-8(3)5-7(2)6-9(11)12(15-10)16-13/h5-6H,4,13H2,1-3H3,(H,14,15,16). The van der Waals surface area contributed by atoms with Gasteiger partial charge in [-0.3, -0.25) is 0 Å². The Kier molecular flexibility index (Phi) is 2.75. The molecule has 0 saturated carbocycles. The number of nitrogens with one attached hydrogen (secondary N) is 1. The fourth-order valence-corrected chi connectivity index (χ4v) is 1.90. The number of rotatable bonds is 2. The minimum absolute atomic E-state index is 0.702. The number of benzene rings is 1. The molecule has 84 valence electrons. The van der Waals surface area contributed by atoms with Crippen LogP contribution in [0.5, 0.6) is 0 Å². The first-order valence-electron chi connectivity index (χ1n) is 5.40. The molecule has 1 aromatic heterocycles. The summed E-state index contributed by atoms with van der Waals surface area (Å²) in [4.78, 5) is 8.91. The average molecular weight is 216 g/mol. The molecule has 0 unspecified atom stereocenters. The van der Waals surface area contributed by atoms with Gasteiger partial charge in [0.2, 0.25) is 0 Å². The molecule has 1 heterocycles. The molecule has 0 aliphatic carbocycles. The van der Waals surface area contributed by atoms with E-state index in [1.807, 2.05) is 6.92 Å². The number of nitrogens with two attached hydrogens (primary N) is 1. The Hall–Kier alpha value is -1.68. The molecule has 0 spiro atoms. The topological polar surface area (TPSA) is 63.8 Å². The van der Waals surface area contributed by atoms with Crippen molar-refractivity contribution < 1.29 is 0 Å². The monoisotopic (exact) mass is 216 g/mol. The van der Waals surface area contributed by atoms with Gasteiger partial charge in [0, 0.05) is 11.8 Å². The lowest BCUT2D eigenvalue weighted by Crippen LogP contribution is -2.11. The summed E-state index contributed by atoms with van der Waals surface area (Å²) in [5.41, 5.74) is 5.97. The van der Waals surface area contributed by atoms with Crippen LogP contribution in [0.2, 0.25) is 0 Å². The van der Waals surface area contributed by atoms with Gasteiger partial charge in [0.15, 0.2) is 5.82 Å². The number of hydrazine groups is 1. The zero-order valence-electron chi connectivity index (χ0n) is 9.83. The molecule has 2 rings (SSSR count). The van der Waals surface area contributed by atoms with Crippen LogP contribution in [0.4, 0.5) is 5.82 Å². The smallest absolute Gasteiger partial charge is 0.151 e. The van der Waals surface area contributed by atoms with Gasteiger partial charge in [0.25, 0.3) is 0 Å². The second kappa shape index (κ2) is 4.06. The first-order valence-corrected chi connectivity index (χ1v) is 5.40. The van der Waals surface area contributed by atoms with Crippen LogP contribution in [-0.4, -0.2) is 9.97 Å². The van der Waals surface area contributed by atoms with E-state index >= 15 is 0 Å². The van der Waals surface area contributed by atoms with Gasteiger partial charge in [0.1, 0.15) is 5.82 Å². The summed E-state index contributed by atoms with van der Waals surface area (Å²) in [5, 5.41) is 0.984. The van der Waals surface area contributed by atoms with Crippen molar-refractivity contribution in [2.24, 2.45) is 5.84 Å². The Morgan fingerprint density at radius 3 is 2.62 bits per heavy atom. The summed E-state index contributed by atoms with van der Waals surface area (Å²) >= 11 is 0. The SMILES string of the molecule is CCc1nc(NN)c2cc(C)cc(C)c2n1. The van der Waals surface area contributed by atoms with E-state index < -0.39 is 0 Å². The van der Waals surface area contributed by atoms with Crippen LogP contribution >= 0.6 is 0 Å². The Morgan fingerprint density at radius 1 is 1.25 bits per heavy atom. The summed E-state index contributed by atoms with van der Waals surface area (Å²) in [7, 11) is 0. The predicted molar refractivity (Wildman–Crippen MR) is 66.2 cm³/mol. The first-order chi connectivity index (χ1) is 7.65. The second-order valence-corrected chi connectivity index (χ2v) is 3.96. The molecule has 0 saturated heterocycles. The van der Waals surface area contributed by atoms with Crippen molar-refractivity contribution in [2.75, 3.05) is 5.43 Å². The van der Waals surface area contributed by atoms with Gasteiger partial charge in [-0.05, 0) is 31.0 Å². The van der Waals surface area contributed by atoms with E-state index in [1.165, 1.54) is 5.56 Å². The lowest BCUT2D eigenvalue weighted by Gasteiger charge is -2.09. The average Bonchev–Trinajstić information content (AvgIpc) is 2.28. The third kappa shape index (κ3) is 1.72. The number of aromatic nitrogens is 2. The van der Waals surface area contributed by atoms with Gasteiger partial charge in [0.05, 0.1) is 5.52 Å². The number of nitrogen functional groups attached to an aromatic ring is 1. The van der Waals surface area contributed by atoms with E-state index in [1.54, 1.807) is 0 Å². The summed E-state index contributed by atoms with van der Waals surface area (Å²) in [6, 6.07) is 4.17. The summed E-state index contributed by atoms with van der Waals surface area (Å²) in [6.07, 6.45) is 0.804. The van der Waals surface area contributed by atoms with Crippen LogP contribution in [0.25, 0.3) is 10.9 Å². The summed E-state index contributed by atoms with van der Waals surface area (Å²) in [5.74, 6) is 7.01. The maximum absolute atomic E-state index is 5.50. The number of anilines is 1. The van der Waals surface area contributed by atoms with Crippen molar-refractivity contribution in [3.8, 4) is 0 Å². The maximum atomic E-state index is 5.50. The molecule has 4 nitrogen and oxygen atoms in total. The van der Waals surface area contributed by atoms with Crippen molar-refractivity contribution in [3.05, 3.63) is 29.1 Å². The van der Waals surface area contributed by atoms with Crippen molar-refractivity contribution in [3.63, 3.8) is 0 Å². The van der Waals surface area contributed by atoms with Crippen LogP contribution in [0.3, 0.4) is 0 Å². The van der Waals surface area contributed by atoms with Gasteiger partial charge < -0.3 is 5.43 Å². The van der Waals surface area contributed by atoms with Crippen LogP contribution in [-0.2, 0) is 6.42 Å². The zero-order chi connectivity index (χ0) is 11.7. The molecule has 2 aromatic rings. The highest BCUT2D eigenvalue weighted by Crippen LogP contribution is 2.24. The minimum atomic E-state index is 0.702. The van der Waals surface area contributed by atoms with Crippen LogP contribution in [0.15, 0.2) is 12.1 Å². The lowest BCUT2D eigenvalue weighted by atomic mass is 10.1. The number of fused-ring (bicyclic) bond motifs is 1. The zero-order valence-corrected chi connectivity index (χ0v) is 9.83. The summed E-state index contributed by atoms with van der Waals surface area (Å²) in [6.45, 7) is 6.15. The third-order valence-corrected chi connectivity index (χ3v) is 2.63. The van der Waals surface area contributed by atoms with Gasteiger partial charge in [-0.1, -0.05) is 13.0 Å². The molecular formula is C12H16N4. The molecule has 0 amide bonds. The van der Waals surface area contributed by atoms with Gasteiger partial charge in [-0.2, -0.15) is 0 Å². The quantitative estimate of drug-likeness (QED) is 0.596. The van der Waals surface area contributed by atoms with Crippen molar-refractivity contribution >= 4 is 16.7 Å². The second-order valence-electron chi connectivity index (χ2n) is 3.96. The molecule has 0 radical (unpaired) electrons. The highest BCUT2D eigenvalue weighted by Gasteiger charge is 2.08. The number of nitrogens with zero attached hydrogens (tertiary/aromatic N) is 2. The molecule has 16 heavy (non-hydrogen) atoms. The molecule has 0 aliphatic rings. The predicted octanol–water partition coefficient (Wildman–Crippen LogP) is 2.09. The molecule has 0 fully saturated rings.